The summed E-state index contributed by atoms with van der Waals surface area (Å²) >= 11 is 0. The van der Waals surface area contributed by atoms with Crippen molar-refractivity contribution in [1.29, 1.82) is 0 Å². The van der Waals surface area contributed by atoms with E-state index in [1.807, 2.05) is 0 Å². The molecule has 5 nitrogen and oxygen atoms in total. The van der Waals surface area contributed by atoms with Gasteiger partial charge < -0.3 is 19.5 Å². The summed E-state index contributed by atoms with van der Waals surface area (Å²) in [5, 5.41) is 3.15. The zero-order chi connectivity index (χ0) is 13.6. The molecule has 18 heavy (non-hydrogen) atoms. The van der Waals surface area contributed by atoms with Gasteiger partial charge >= 0.3 is 5.97 Å². The maximum absolute atomic E-state index is 11.5. The normalized spacial score (nSPS) is 12.4. The van der Waals surface area contributed by atoms with E-state index in [2.05, 4.69) is 19.2 Å². The molecule has 0 bridgehead atoms. The highest BCUT2D eigenvalue weighted by Gasteiger charge is 2.17. The molecule has 0 saturated carbocycles. The first-order valence-electron chi connectivity index (χ1n) is 6.72. The van der Waals surface area contributed by atoms with Crippen molar-refractivity contribution in [3.8, 4) is 0 Å². The van der Waals surface area contributed by atoms with Gasteiger partial charge in [0.25, 0.3) is 0 Å². The van der Waals surface area contributed by atoms with Gasteiger partial charge in [-0.3, -0.25) is 4.79 Å². The van der Waals surface area contributed by atoms with Crippen molar-refractivity contribution in [2.75, 3.05) is 40.1 Å². The molecule has 0 amide bonds. The van der Waals surface area contributed by atoms with Crippen LogP contribution in [0.2, 0.25) is 0 Å². The van der Waals surface area contributed by atoms with Crippen LogP contribution in [0.1, 0.15) is 33.1 Å². The largest absolute Gasteiger partial charge is 0.468 e. The molecular formula is C13H27NO4. The van der Waals surface area contributed by atoms with E-state index in [0.717, 1.165) is 26.0 Å². The third-order valence-electron chi connectivity index (χ3n) is 2.40. The molecule has 0 aliphatic heterocycles. The van der Waals surface area contributed by atoms with Crippen LogP contribution in [0.3, 0.4) is 0 Å². The van der Waals surface area contributed by atoms with Crippen LogP contribution in [0, 0.1) is 0 Å². The highest BCUT2D eigenvalue weighted by atomic mass is 16.5. The van der Waals surface area contributed by atoms with Gasteiger partial charge in [0.1, 0.15) is 6.04 Å². The Bertz CT molecular complexity index is 199. The molecule has 0 aliphatic carbocycles. The lowest BCUT2D eigenvalue weighted by atomic mass is 10.2. The first-order valence-corrected chi connectivity index (χ1v) is 6.72. The Kier molecular flexibility index (Phi) is 12.3. The zero-order valence-electron chi connectivity index (χ0n) is 11.9. The van der Waals surface area contributed by atoms with E-state index in [-0.39, 0.29) is 12.0 Å². The summed E-state index contributed by atoms with van der Waals surface area (Å²) in [7, 11) is 1.41. The number of esters is 1. The van der Waals surface area contributed by atoms with Gasteiger partial charge in [-0.2, -0.15) is 0 Å². The summed E-state index contributed by atoms with van der Waals surface area (Å²) in [6.45, 7) is 7.42. The minimum absolute atomic E-state index is 0.228. The maximum atomic E-state index is 11.5. The molecule has 0 aromatic rings. The van der Waals surface area contributed by atoms with Crippen molar-refractivity contribution >= 4 is 5.97 Å². The standard InChI is InChI=1S/C13H27NO4/c1-4-7-14-12(13(15)16-3)6-9-18-11-10-17-8-5-2/h12,14H,4-11H2,1-3H3. The molecule has 0 heterocycles. The fraction of sp³-hybridized carbons (Fsp3) is 0.923. The van der Waals surface area contributed by atoms with Crippen molar-refractivity contribution in [3.05, 3.63) is 0 Å². The zero-order valence-corrected chi connectivity index (χ0v) is 11.9. The second-order valence-corrected chi connectivity index (χ2v) is 4.04. The minimum atomic E-state index is -0.272. The molecule has 0 aromatic heterocycles. The van der Waals surface area contributed by atoms with Gasteiger partial charge in [0.05, 0.1) is 20.3 Å². The van der Waals surface area contributed by atoms with E-state index in [1.54, 1.807) is 0 Å². The minimum Gasteiger partial charge on any atom is -0.468 e. The first-order chi connectivity index (χ1) is 8.76. The smallest absolute Gasteiger partial charge is 0.322 e. The first kappa shape index (κ1) is 17.4. The van der Waals surface area contributed by atoms with E-state index in [1.165, 1.54) is 7.11 Å². The van der Waals surface area contributed by atoms with E-state index < -0.39 is 0 Å². The fourth-order valence-corrected chi connectivity index (χ4v) is 1.43. The topological polar surface area (TPSA) is 56.8 Å². The Labute approximate surface area is 110 Å². The quantitative estimate of drug-likeness (QED) is 0.424. The van der Waals surface area contributed by atoms with Crippen LogP contribution in [0.25, 0.3) is 0 Å². The number of methoxy groups -OCH3 is 1. The lowest BCUT2D eigenvalue weighted by molar-refractivity contribution is -0.143. The Morgan fingerprint density at radius 2 is 1.72 bits per heavy atom. The van der Waals surface area contributed by atoms with E-state index >= 15 is 0 Å². The van der Waals surface area contributed by atoms with Crippen LogP contribution in [-0.2, 0) is 19.0 Å². The molecule has 0 aromatic carbocycles. The third-order valence-corrected chi connectivity index (χ3v) is 2.40. The van der Waals surface area contributed by atoms with E-state index in [0.29, 0.717) is 26.2 Å². The van der Waals surface area contributed by atoms with Crippen molar-refractivity contribution in [1.82, 2.24) is 5.32 Å². The van der Waals surface area contributed by atoms with Crippen molar-refractivity contribution in [3.63, 3.8) is 0 Å². The molecule has 1 atom stereocenters. The average Bonchev–Trinajstić information content (AvgIpc) is 2.40. The van der Waals surface area contributed by atoms with Crippen molar-refractivity contribution < 1.29 is 19.0 Å². The van der Waals surface area contributed by atoms with Crippen LogP contribution in [-0.4, -0.2) is 52.1 Å². The maximum Gasteiger partial charge on any atom is 0.322 e. The highest BCUT2D eigenvalue weighted by Crippen LogP contribution is 1.97. The molecule has 0 fully saturated rings. The lowest BCUT2D eigenvalue weighted by Gasteiger charge is -2.15. The predicted molar refractivity (Wildman–Crippen MR) is 70.6 cm³/mol. The van der Waals surface area contributed by atoms with E-state index in [4.69, 9.17) is 14.2 Å². The summed E-state index contributed by atoms with van der Waals surface area (Å²) in [5.41, 5.74) is 0. The van der Waals surface area contributed by atoms with Gasteiger partial charge in [0.2, 0.25) is 0 Å². The lowest BCUT2D eigenvalue weighted by Crippen LogP contribution is -2.39. The fourth-order valence-electron chi connectivity index (χ4n) is 1.43. The third kappa shape index (κ3) is 9.39. The van der Waals surface area contributed by atoms with Crippen LogP contribution < -0.4 is 5.32 Å². The number of nitrogens with one attached hydrogen (secondary N) is 1. The van der Waals surface area contributed by atoms with Crippen LogP contribution in [0.5, 0.6) is 0 Å². The van der Waals surface area contributed by atoms with Gasteiger partial charge in [0.15, 0.2) is 0 Å². The highest BCUT2D eigenvalue weighted by molar-refractivity contribution is 5.75. The molecule has 0 radical (unpaired) electrons. The van der Waals surface area contributed by atoms with Gasteiger partial charge in [0, 0.05) is 13.2 Å². The molecule has 0 rings (SSSR count). The molecule has 1 N–H and O–H groups in total. The Hall–Kier alpha value is -0.650. The summed E-state index contributed by atoms with van der Waals surface area (Å²) < 4.78 is 15.4. The summed E-state index contributed by atoms with van der Waals surface area (Å²) in [6.07, 6.45) is 2.63. The Morgan fingerprint density at radius 1 is 1.06 bits per heavy atom. The second kappa shape index (κ2) is 12.8. The van der Waals surface area contributed by atoms with Crippen LogP contribution >= 0.6 is 0 Å². The average molecular weight is 261 g/mol. The molecule has 0 aliphatic rings. The monoisotopic (exact) mass is 261 g/mol. The summed E-state index contributed by atoms with van der Waals surface area (Å²) in [5.74, 6) is -0.228. The van der Waals surface area contributed by atoms with Gasteiger partial charge in [-0.15, -0.1) is 0 Å². The van der Waals surface area contributed by atoms with Gasteiger partial charge in [-0.05, 0) is 25.8 Å². The van der Waals surface area contributed by atoms with E-state index in [9.17, 15) is 4.79 Å². The number of hydrogen-bond donors (Lipinski definition) is 1. The molecule has 0 saturated heterocycles. The number of carbonyl (C=O) groups excluding carboxylic acids is 1. The Balaban J connectivity index is 3.59. The molecular weight excluding hydrogens is 234 g/mol. The van der Waals surface area contributed by atoms with Crippen molar-refractivity contribution in [2.45, 2.75) is 39.2 Å². The molecule has 108 valence electrons. The number of hydrogen-bond acceptors (Lipinski definition) is 5. The summed E-state index contributed by atoms with van der Waals surface area (Å²) in [6, 6.07) is -0.272. The number of carbonyl (C=O) groups is 1. The number of rotatable bonds is 12. The molecule has 5 heteroatoms. The van der Waals surface area contributed by atoms with Crippen LogP contribution in [0.15, 0.2) is 0 Å². The number of ether oxygens (including phenoxy) is 3. The second-order valence-electron chi connectivity index (χ2n) is 4.04. The van der Waals surface area contributed by atoms with Gasteiger partial charge in [-0.25, -0.2) is 0 Å². The molecule has 1 unspecified atom stereocenters. The van der Waals surface area contributed by atoms with Crippen molar-refractivity contribution in [2.24, 2.45) is 0 Å². The Morgan fingerprint density at radius 3 is 2.28 bits per heavy atom. The SMILES string of the molecule is CCCNC(CCOCCOCCC)C(=O)OC. The predicted octanol–water partition coefficient (Wildman–Crippen LogP) is 1.36. The van der Waals surface area contributed by atoms with Gasteiger partial charge in [-0.1, -0.05) is 13.8 Å². The summed E-state index contributed by atoms with van der Waals surface area (Å²) in [4.78, 5) is 11.5. The van der Waals surface area contributed by atoms with Crippen LogP contribution in [0.4, 0.5) is 0 Å². The molecule has 0 spiro atoms.